The molecule has 0 heterocycles. The lowest BCUT2D eigenvalue weighted by Crippen LogP contribution is -2.54. The highest BCUT2D eigenvalue weighted by Crippen LogP contribution is 2.12. The number of amides is 3. The van der Waals surface area contributed by atoms with Crippen LogP contribution in [0.3, 0.4) is 0 Å². The zero-order valence-electron chi connectivity index (χ0n) is 12.8. The summed E-state index contributed by atoms with van der Waals surface area (Å²) in [6, 6.07) is -0.519. The molecule has 7 nitrogen and oxygen atoms in total. The molecule has 20 heavy (non-hydrogen) atoms. The summed E-state index contributed by atoms with van der Waals surface area (Å²) in [5, 5.41) is 14.3. The average molecular weight is 287 g/mol. The molecule has 0 fully saturated rings. The van der Waals surface area contributed by atoms with E-state index in [1.165, 1.54) is 20.9 Å². The first-order valence-corrected chi connectivity index (χ1v) is 6.60. The molecule has 0 spiro atoms. The Labute approximate surface area is 119 Å². The first-order valence-electron chi connectivity index (χ1n) is 6.60. The molecule has 0 aliphatic rings. The number of rotatable bonds is 7. The SMILES string of the molecule is CC(C)CNC(=O)CCNC(=O)N(C)C(C)(C)C(=O)O. The van der Waals surface area contributed by atoms with Gasteiger partial charge in [-0.05, 0) is 19.8 Å². The van der Waals surface area contributed by atoms with Gasteiger partial charge in [0.1, 0.15) is 5.54 Å². The van der Waals surface area contributed by atoms with E-state index in [0.29, 0.717) is 12.5 Å². The Morgan fingerprint density at radius 2 is 1.75 bits per heavy atom. The largest absolute Gasteiger partial charge is 0.480 e. The summed E-state index contributed by atoms with van der Waals surface area (Å²) in [6.07, 6.45) is 0.166. The molecule has 0 atom stereocenters. The molecule has 0 aromatic carbocycles. The van der Waals surface area contributed by atoms with E-state index in [1.807, 2.05) is 13.8 Å². The van der Waals surface area contributed by atoms with Crippen molar-refractivity contribution in [2.45, 2.75) is 39.7 Å². The highest BCUT2D eigenvalue weighted by Gasteiger charge is 2.35. The summed E-state index contributed by atoms with van der Waals surface area (Å²) in [7, 11) is 1.41. The smallest absolute Gasteiger partial charge is 0.329 e. The molecule has 116 valence electrons. The highest BCUT2D eigenvalue weighted by molar-refractivity contribution is 5.85. The number of nitrogens with one attached hydrogen (secondary N) is 2. The Balaban J connectivity index is 4.12. The Bertz CT molecular complexity index is 367. The van der Waals surface area contributed by atoms with E-state index < -0.39 is 17.5 Å². The summed E-state index contributed by atoms with van der Waals surface area (Å²) in [4.78, 5) is 35.3. The molecule has 0 aromatic heterocycles. The third-order valence-corrected chi connectivity index (χ3v) is 3.00. The third kappa shape index (κ3) is 5.90. The van der Waals surface area contributed by atoms with Crippen LogP contribution < -0.4 is 10.6 Å². The van der Waals surface area contributed by atoms with Crippen molar-refractivity contribution in [2.75, 3.05) is 20.1 Å². The Kier molecular flexibility index (Phi) is 7.02. The van der Waals surface area contributed by atoms with Gasteiger partial charge in [-0.15, -0.1) is 0 Å². The number of urea groups is 1. The van der Waals surface area contributed by atoms with Gasteiger partial charge in [-0.2, -0.15) is 0 Å². The van der Waals surface area contributed by atoms with E-state index in [9.17, 15) is 14.4 Å². The molecule has 0 aromatic rings. The van der Waals surface area contributed by atoms with E-state index >= 15 is 0 Å². The van der Waals surface area contributed by atoms with Gasteiger partial charge in [0.15, 0.2) is 0 Å². The summed E-state index contributed by atoms with van der Waals surface area (Å²) < 4.78 is 0. The monoisotopic (exact) mass is 287 g/mol. The van der Waals surface area contributed by atoms with Gasteiger partial charge in [0.25, 0.3) is 0 Å². The molecule has 7 heteroatoms. The average Bonchev–Trinajstić information content (AvgIpc) is 2.34. The topological polar surface area (TPSA) is 98.7 Å². The van der Waals surface area contributed by atoms with Crippen LogP contribution in [0.25, 0.3) is 0 Å². The normalized spacial score (nSPS) is 11.1. The number of hydrogen-bond acceptors (Lipinski definition) is 3. The number of carboxylic acids is 1. The maximum absolute atomic E-state index is 11.8. The van der Waals surface area contributed by atoms with Gasteiger partial charge >= 0.3 is 12.0 Å². The molecule has 3 N–H and O–H groups in total. The number of nitrogens with zero attached hydrogens (tertiary/aromatic N) is 1. The first-order chi connectivity index (χ1) is 9.09. The van der Waals surface area contributed by atoms with Crippen LogP contribution in [0, 0.1) is 5.92 Å². The summed E-state index contributed by atoms with van der Waals surface area (Å²) in [5.74, 6) is -0.861. The van der Waals surface area contributed by atoms with Gasteiger partial charge in [0.05, 0.1) is 0 Å². The van der Waals surface area contributed by atoms with Crippen LogP contribution in [0.1, 0.15) is 34.1 Å². The standard InChI is InChI=1S/C13H25N3O4/c1-9(2)8-15-10(17)6-7-14-12(20)16(5)13(3,4)11(18)19/h9H,6-8H2,1-5H3,(H,14,20)(H,15,17)(H,18,19). The highest BCUT2D eigenvalue weighted by atomic mass is 16.4. The van der Waals surface area contributed by atoms with Crippen molar-refractivity contribution in [3.8, 4) is 0 Å². The van der Waals surface area contributed by atoms with Gasteiger partial charge < -0.3 is 20.6 Å². The van der Waals surface area contributed by atoms with Gasteiger partial charge in [0.2, 0.25) is 5.91 Å². The predicted molar refractivity (Wildman–Crippen MR) is 75.3 cm³/mol. The van der Waals surface area contributed by atoms with Crippen molar-refractivity contribution >= 4 is 17.9 Å². The second kappa shape index (κ2) is 7.72. The zero-order valence-corrected chi connectivity index (χ0v) is 12.8. The van der Waals surface area contributed by atoms with Crippen molar-refractivity contribution in [1.29, 1.82) is 0 Å². The Morgan fingerprint density at radius 3 is 2.20 bits per heavy atom. The molecule has 0 rings (SSSR count). The summed E-state index contributed by atoms with van der Waals surface area (Å²) >= 11 is 0. The fourth-order valence-electron chi connectivity index (χ4n) is 1.21. The molecule has 0 saturated heterocycles. The molecular formula is C13H25N3O4. The van der Waals surface area contributed by atoms with Crippen molar-refractivity contribution < 1.29 is 19.5 Å². The van der Waals surface area contributed by atoms with Crippen molar-refractivity contribution in [3.05, 3.63) is 0 Å². The van der Waals surface area contributed by atoms with Crippen molar-refractivity contribution in [1.82, 2.24) is 15.5 Å². The fourth-order valence-corrected chi connectivity index (χ4v) is 1.21. The van der Waals surface area contributed by atoms with E-state index in [4.69, 9.17) is 5.11 Å². The van der Waals surface area contributed by atoms with Crippen LogP contribution in [-0.2, 0) is 9.59 Å². The van der Waals surface area contributed by atoms with Gasteiger partial charge in [0, 0.05) is 26.6 Å². The second-order valence-electron chi connectivity index (χ2n) is 5.60. The van der Waals surface area contributed by atoms with Crippen LogP contribution in [-0.4, -0.2) is 53.6 Å². The van der Waals surface area contributed by atoms with Gasteiger partial charge in [-0.1, -0.05) is 13.8 Å². The number of carbonyl (C=O) groups is 3. The van der Waals surface area contributed by atoms with E-state index in [0.717, 1.165) is 4.90 Å². The number of carboxylic acid groups (broad SMARTS) is 1. The van der Waals surface area contributed by atoms with E-state index in [-0.39, 0.29) is 18.9 Å². The molecule has 3 amide bonds. The van der Waals surface area contributed by atoms with E-state index in [1.54, 1.807) is 0 Å². The molecule has 0 saturated carbocycles. The maximum Gasteiger partial charge on any atom is 0.329 e. The van der Waals surface area contributed by atoms with Crippen molar-refractivity contribution in [3.63, 3.8) is 0 Å². The lowest BCUT2D eigenvalue weighted by Gasteiger charge is -2.31. The van der Waals surface area contributed by atoms with Crippen LogP contribution >= 0.6 is 0 Å². The van der Waals surface area contributed by atoms with E-state index in [2.05, 4.69) is 10.6 Å². The minimum absolute atomic E-state index is 0.140. The van der Waals surface area contributed by atoms with Gasteiger partial charge in [-0.25, -0.2) is 9.59 Å². The maximum atomic E-state index is 11.8. The number of carbonyl (C=O) groups excluding carboxylic acids is 2. The van der Waals surface area contributed by atoms with Crippen LogP contribution in [0.15, 0.2) is 0 Å². The van der Waals surface area contributed by atoms with Crippen LogP contribution in [0.5, 0.6) is 0 Å². The quantitative estimate of drug-likeness (QED) is 0.640. The molecule has 0 bridgehead atoms. The lowest BCUT2D eigenvalue weighted by atomic mass is 10.1. The minimum atomic E-state index is -1.30. The van der Waals surface area contributed by atoms with Crippen LogP contribution in [0.4, 0.5) is 4.79 Å². The summed E-state index contributed by atoms with van der Waals surface area (Å²) in [6.45, 7) is 7.62. The molecule has 0 aliphatic heterocycles. The van der Waals surface area contributed by atoms with Crippen molar-refractivity contribution in [2.24, 2.45) is 5.92 Å². The Hall–Kier alpha value is -1.79. The lowest BCUT2D eigenvalue weighted by molar-refractivity contribution is -0.146. The zero-order chi connectivity index (χ0) is 15.9. The van der Waals surface area contributed by atoms with Crippen LogP contribution in [0.2, 0.25) is 0 Å². The minimum Gasteiger partial charge on any atom is -0.480 e. The second-order valence-corrected chi connectivity index (χ2v) is 5.60. The summed E-state index contributed by atoms with van der Waals surface area (Å²) in [5.41, 5.74) is -1.30. The molecular weight excluding hydrogens is 262 g/mol. The molecule has 0 radical (unpaired) electrons. The fraction of sp³-hybridized carbons (Fsp3) is 0.769. The van der Waals surface area contributed by atoms with Gasteiger partial charge in [-0.3, -0.25) is 4.79 Å². The molecule has 0 aliphatic carbocycles. The Morgan fingerprint density at radius 1 is 1.20 bits per heavy atom. The molecule has 0 unspecified atom stereocenters. The first kappa shape index (κ1) is 18.2. The number of hydrogen-bond donors (Lipinski definition) is 3. The predicted octanol–water partition coefficient (Wildman–Crippen LogP) is 0.653. The number of aliphatic carboxylic acids is 1. The number of likely N-dealkylation sites (N-methyl/N-ethyl adjacent to an activating group) is 1. The third-order valence-electron chi connectivity index (χ3n) is 3.00.